The molecule has 6 aromatic rings. The minimum absolute atomic E-state index is 0. The predicted molar refractivity (Wildman–Crippen MR) is 246 cm³/mol. The first-order valence-electron chi connectivity index (χ1n) is 18.7. The molecule has 0 aliphatic rings. The van der Waals surface area contributed by atoms with Crippen molar-refractivity contribution in [2.24, 2.45) is 0 Å². The molecule has 0 saturated heterocycles. The maximum absolute atomic E-state index is 10.9. The molecule has 0 amide bonds. The summed E-state index contributed by atoms with van der Waals surface area (Å²) in [7, 11) is 6.36. The number of methoxy groups -OCH3 is 5. The Morgan fingerprint density at radius 3 is 1.09 bits per heavy atom. The molecule has 0 fully saturated rings. The quantitative estimate of drug-likeness (QED) is 0.0921. The zero-order valence-electron chi connectivity index (χ0n) is 35.3. The summed E-state index contributed by atoms with van der Waals surface area (Å²) >= 11 is 0. The van der Waals surface area contributed by atoms with E-state index in [0.717, 1.165) is 82.8 Å². The van der Waals surface area contributed by atoms with Crippen LogP contribution in [0.4, 0.5) is 0 Å². The molecular formula is C48H55ClO7P2. The van der Waals surface area contributed by atoms with Crippen molar-refractivity contribution in [1.82, 2.24) is 0 Å². The van der Waals surface area contributed by atoms with Gasteiger partial charge in [-0.15, -0.1) is 12.4 Å². The summed E-state index contributed by atoms with van der Waals surface area (Å²) in [5.74, 6) is 4.57. The highest BCUT2D eigenvalue weighted by Crippen LogP contribution is 2.46. The first-order chi connectivity index (χ1) is 27.5. The van der Waals surface area contributed by atoms with E-state index in [0.29, 0.717) is 5.75 Å². The Morgan fingerprint density at radius 2 is 0.724 bits per heavy atom. The van der Waals surface area contributed by atoms with Crippen molar-refractivity contribution in [1.29, 1.82) is 0 Å². The van der Waals surface area contributed by atoms with E-state index in [9.17, 15) is 5.11 Å². The van der Waals surface area contributed by atoms with Crippen LogP contribution in [-0.2, 0) is 4.74 Å². The molecule has 0 heterocycles. The van der Waals surface area contributed by atoms with Crippen LogP contribution in [0.5, 0.6) is 34.5 Å². The summed E-state index contributed by atoms with van der Waals surface area (Å²) in [6, 6.07) is 36.7. The Kier molecular flexibility index (Phi) is 16.9. The third-order valence-electron chi connectivity index (χ3n) is 9.79. The standard InChI is InChI=1S/C25H29O4P.C23H25O3P.ClH/c1-17-10-9-15-22(23(17)29-16-26-4)30(24-18(2)11-7-13-20(24)27-5)25-19(3)12-8-14-21(25)28-6;1-15-9-8-14-20(21(15)24)27(22-16(2)10-6-12-18(22)25-4)23-17(3)11-7-13-19(23)26-5;/h7-15H,16H2,1-6H3;6-14,24H,1-5H3;1H. The smallest absolute Gasteiger partial charge is 0.188 e. The highest BCUT2D eigenvalue weighted by Gasteiger charge is 2.31. The fourth-order valence-corrected chi connectivity index (χ4v) is 12.9. The molecule has 0 atom stereocenters. The number of halogens is 1. The van der Waals surface area contributed by atoms with E-state index >= 15 is 0 Å². The second-order valence-corrected chi connectivity index (χ2v) is 17.7. The Labute approximate surface area is 353 Å². The molecule has 58 heavy (non-hydrogen) atoms. The van der Waals surface area contributed by atoms with Crippen molar-refractivity contribution in [3.05, 3.63) is 143 Å². The van der Waals surface area contributed by atoms with Crippen molar-refractivity contribution in [2.45, 2.75) is 41.5 Å². The summed E-state index contributed by atoms with van der Waals surface area (Å²) in [5, 5.41) is 17.5. The molecule has 0 aromatic heterocycles. The Morgan fingerprint density at radius 1 is 0.414 bits per heavy atom. The van der Waals surface area contributed by atoms with Gasteiger partial charge in [-0.05, 0) is 115 Å². The first-order valence-corrected chi connectivity index (χ1v) is 21.4. The molecule has 7 nitrogen and oxygen atoms in total. The maximum Gasteiger partial charge on any atom is 0.188 e. The molecule has 0 aliphatic heterocycles. The van der Waals surface area contributed by atoms with Gasteiger partial charge in [0.05, 0.1) is 28.4 Å². The second-order valence-electron chi connectivity index (χ2n) is 13.6. The number of benzene rings is 6. The van der Waals surface area contributed by atoms with Crippen LogP contribution >= 0.6 is 28.3 Å². The van der Waals surface area contributed by atoms with E-state index in [4.69, 9.17) is 28.4 Å². The largest absolute Gasteiger partial charge is 0.507 e. The van der Waals surface area contributed by atoms with E-state index in [1.807, 2.05) is 73.7 Å². The number of aryl methyl sites for hydroxylation is 6. The van der Waals surface area contributed by atoms with Gasteiger partial charge in [-0.25, -0.2) is 0 Å². The lowest BCUT2D eigenvalue weighted by Gasteiger charge is -2.28. The van der Waals surface area contributed by atoms with E-state index in [1.165, 1.54) is 11.1 Å². The molecule has 6 rings (SSSR count). The van der Waals surface area contributed by atoms with E-state index in [1.54, 1.807) is 35.5 Å². The van der Waals surface area contributed by atoms with E-state index in [-0.39, 0.29) is 19.2 Å². The van der Waals surface area contributed by atoms with Crippen molar-refractivity contribution in [3.63, 3.8) is 0 Å². The van der Waals surface area contributed by atoms with Gasteiger partial charge in [-0.3, -0.25) is 0 Å². The van der Waals surface area contributed by atoms with Crippen molar-refractivity contribution >= 4 is 60.1 Å². The van der Waals surface area contributed by atoms with Crippen molar-refractivity contribution < 1.29 is 33.5 Å². The molecule has 10 heteroatoms. The van der Waals surface area contributed by atoms with Gasteiger partial charge in [0.2, 0.25) is 0 Å². The number of phenolic OH excluding ortho intramolecular Hbond substituents is 1. The van der Waals surface area contributed by atoms with Crippen LogP contribution in [0.25, 0.3) is 0 Å². The van der Waals surface area contributed by atoms with Gasteiger partial charge in [-0.2, -0.15) is 0 Å². The van der Waals surface area contributed by atoms with Crippen molar-refractivity contribution in [2.75, 3.05) is 42.3 Å². The highest BCUT2D eigenvalue weighted by molar-refractivity contribution is 7.81. The van der Waals surface area contributed by atoms with Crippen LogP contribution in [0.15, 0.2) is 109 Å². The summed E-state index contributed by atoms with van der Waals surface area (Å²) in [5.41, 5.74) is 6.53. The molecule has 306 valence electrons. The molecule has 1 N–H and O–H groups in total. The van der Waals surface area contributed by atoms with Gasteiger partial charge in [-0.1, -0.05) is 84.9 Å². The molecule has 0 radical (unpaired) electrons. The first kappa shape index (κ1) is 45.9. The molecule has 0 saturated carbocycles. The van der Waals surface area contributed by atoms with Gasteiger partial charge in [0, 0.05) is 38.9 Å². The summed E-state index contributed by atoms with van der Waals surface area (Å²) in [4.78, 5) is 0. The summed E-state index contributed by atoms with van der Waals surface area (Å²) < 4.78 is 34.4. The number of ether oxygens (including phenoxy) is 6. The molecule has 0 spiro atoms. The molecule has 6 aromatic carbocycles. The fourth-order valence-electron chi connectivity index (χ4n) is 6.98. The van der Waals surface area contributed by atoms with Crippen LogP contribution in [0.2, 0.25) is 0 Å². The van der Waals surface area contributed by atoms with Crippen LogP contribution < -0.4 is 55.5 Å². The van der Waals surface area contributed by atoms with Crippen molar-refractivity contribution in [3.8, 4) is 34.5 Å². The van der Waals surface area contributed by atoms with Gasteiger partial charge in [0.1, 0.15) is 34.5 Å². The summed E-state index contributed by atoms with van der Waals surface area (Å²) in [6.07, 6.45) is 0. The van der Waals surface area contributed by atoms with Crippen LogP contribution in [0, 0.1) is 41.5 Å². The van der Waals surface area contributed by atoms with Crippen LogP contribution in [-0.4, -0.2) is 47.4 Å². The van der Waals surface area contributed by atoms with Crippen LogP contribution in [0.1, 0.15) is 33.4 Å². The van der Waals surface area contributed by atoms with Gasteiger partial charge < -0.3 is 33.5 Å². The SMILES string of the molecule is COCOc1c(C)cccc1P(c1c(C)cccc1OC)c1c(C)cccc1OC.COc1cccc(C)c1P(c1cccc(C)c1O)c1c(C)cccc1OC.Cl. The average Bonchev–Trinajstić information content (AvgIpc) is 3.21. The normalized spacial score (nSPS) is 10.7. The predicted octanol–water partition coefficient (Wildman–Crippen LogP) is 8.88. The average molecular weight is 841 g/mol. The molecule has 0 aliphatic carbocycles. The van der Waals surface area contributed by atoms with Gasteiger partial charge in [0.25, 0.3) is 0 Å². The Hall–Kier alpha value is -4.77. The monoisotopic (exact) mass is 840 g/mol. The fraction of sp³-hybridized carbons (Fsp3) is 0.250. The van der Waals surface area contributed by atoms with Gasteiger partial charge in [0.15, 0.2) is 6.79 Å². The second kappa shape index (κ2) is 21.3. The van der Waals surface area contributed by atoms with E-state index < -0.39 is 15.8 Å². The lowest BCUT2D eigenvalue weighted by molar-refractivity contribution is 0.0514. The number of phenols is 1. The third-order valence-corrected chi connectivity index (χ3v) is 15.5. The highest BCUT2D eigenvalue weighted by atomic mass is 35.5. The number of aromatic hydroxyl groups is 1. The lowest BCUT2D eigenvalue weighted by atomic mass is 10.2. The minimum atomic E-state index is -1.08. The number of rotatable bonds is 13. The zero-order chi connectivity index (χ0) is 41.2. The Bertz CT molecular complexity index is 2210. The zero-order valence-corrected chi connectivity index (χ0v) is 37.9. The minimum Gasteiger partial charge on any atom is -0.507 e. The Balaban J connectivity index is 0.000000254. The number of hydrogen-bond acceptors (Lipinski definition) is 7. The van der Waals surface area contributed by atoms with Crippen LogP contribution in [0.3, 0.4) is 0 Å². The lowest BCUT2D eigenvalue weighted by Crippen LogP contribution is -2.28. The summed E-state index contributed by atoms with van der Waals surface area (Å²) in [6.45, 7) is 12.6. The molecular weight excluding hydrogens is 786 g/mol. The van der Waals surface area contributed by atoms with E-state index in [2.05, 4.69) is 77.1 Å². The van der Waals surface area contributed by atoms with Gasteiger partial charge >= 0.3 is 0 Å². The molecule has 0 unspecified atom stereocenters. The third kappa shape index (κ3) is 9.73. The maximum atomic E-state index is 10.9. The topological polar surface area (TPSA) is 75.6 Å². The number of para-hydroxylation sites is 2. The number of hydrogen-bond donors (Lipinski definition) is 1. The molecule has 0 bridgehead atoms.